The van der Waals surface area contributed by atoms with Crippen LogP contribution in [0.2, 0.25) is 0 Å². The zero-order chi connectivity index (χ0) is 16.2. The SMILES string of the molecule is Cc1ccc(C(=O)c2ccccc2C(=O)c2ccccc2)cc1. The van der Waals surface area contributed by atoms with Crippen molar-refractivity contribution in [3.8, 4) is 0 Å². The van der Waals surface area contributed by atoms with E-state index < -0.39 is 0 Å². The Morgan fingerprint density at radius 2 is 1.00 bits per heavy atom. The van der Waals surface area contributed by atoms with E-state index in [1.165, 1.54) is 0 Å². The molecular formula is C21H16O2. The Balaban J connectivity index is 2.03. The molecule has 3 aromatic carbocycles. The second kappa shape index (κ2) is 6.41. The molecule has 0 saturated carbocycles. The van der Waals surface area contributed by atoms with E-state index in [1.807, 2.05) is 37.3 Å². The van der Waals surface area contributed by atoms with E-state index in [-0.39, 0.29) is 11.6 Å². The highest BCUT2D eigenvalue weighted by Gasteiger charge is 2.18. The summed E-state index contributed by atoms with van der Waals surface area (Å²) in [6.45, 7) is 1.97. The summed E-state index contributed by atoms with van der Waals surface area (Å²) in [5, 5.41) is 0. The van der Waals surface area contributed by atoms with Crippen LogP contribution in [0.15, 0.2) is 78.9 Å². The number of carbonyl (C=O) groups is 2. The molecule has 3 rings (SSSR count). The number of carbonyl (C=O) groups excluding carboxylic acids is 2. The Bertz CT molecular complexity index is 847. The van der Waals surface area contributed by atoms with E-state index in [9.17, 15) is 9.59 Å². The molecule has 0 aliphatic carbocycles. The van der Waals surface area contributed by atoms with Gasteiger partial charge in [0.2, 0.25) is 0 Å². The summed E-state index contributed by atoms with van der Waals surface area (Å²) < 4.78 is 0. The van der Waals surface area contributed by atoms with Crippen molar-refractivity contribution in [2.45, 2.75) is 6.92 Å². The average molecular weight is 300 g/mol. The summed E-state index contributed by atoms with van der Waals surface area (Å²) in [5.74, 6) is -0.272. The van der Waals surface area contributed by atoms with E-state index in [0.717, 1.165) is 5.56 Å². The average Bonchev–Trinajstić information content (AvgIpc) is 2.62. The lowest BCUT2D eigenvalue weighted by Gasteiger charge is -2.08. The minimum absolute atomic E-state index is 0.134. The highest BCUT2D eigenvalue weighted by Crippen LogP contribution is 2.18. The lowest BCUT2D eigenvalue weighted by molar-refractivity contribution is 0.100. The highest BCUT2D eigenvalue weighted by atomic mass is 16.1. The summed E-state index contributed by atoms with van der Waals surface area (Å²) in [6.07, 6.45) is 0. The van der Waals surface area contributed by atoms with Gasteiger partial charge in [0.05, 0.1) is 0 Å². The van der Waals surface area contributed by atoms with Crippen molar-refractivity contribution < 1.29 is 9.59 Å². The van der Waals surface area contributed by atoms with Crippen LogP contribution in [-0.4, -0.2) is 11.6 Å². The normalized spacial score (nSPS) is 10.3. The van der Waals surface area contributed by atoms with Crippen molar-refractivity contribution >= 4 is 11.6 Å². The Morgan fingerprint density at radius 1 is 0.565 bits per heavy atom. The first-order valence-electron chi connectivity index (χ1n) is 7.47. The Kier molecular flexibility index (Phi) is 4.15. The smallest absolute Gasteiger partial charge is 0.193 e. The molecule has 112 valence electrons. The maximum absolute atomic E-state index is 12.8. The molecule has 2 heteroatoms. The largest absolute Gasteiger partial charge is 0.289 e. The van der Waals surface area contributed by atoms with Crippen LogP contribution < -0.4 is 0 Å². The van der Waals surface area contributed by atoms with Gasteiger partial charge in [0, 0.05) is 22.3 Å². The standard InChI is InChI=1S/C21H16O2/c1-15-11-13-17(14-12-15)21(23)19-10-6-5-9-18(19)20(22)16-7-3-2-4-8-16/h2-14H,1H3. The number of hydrogen-bond donors (Lipinski definition) is 0. The third kappa shape index (κ3) is 3.11. The molecule has 2 nitrogen and oxygen atoms in total. The Labute approximate surface area is 135 Å². The van der Waals surface area contributed by atoms with E-state index in [0.29, 0.717) is 22.3 Å². The van der Waals surface area contributed by atoms with Crippen LogP contribution in [0.4, 0.5) is 0 Å². The molecule has 0 unspecified atom stereocenters. The van der Waals surface area contributed by atoms with Gasteiger partial charge in [-0.1, -0.05) is 84.4 Å². The molecule has 0 fully saturated rings. The Morgan fingerprint density at radius 3 is 1.52 bits per heavy atom. The van der Waals surface area contributed by atoms with Crippen molar-refractivity contribution in [1.82, 2.24) is 0 Å². The molecule has 23 heavy (non-hydrogen) atoms. The zero-order valence-electron chi connectivity index (χ0n) is 12.8. The van der Waals surface area contributed by atoms with Crippen LogP contribution >= 0.6 is 0 Å². The van der Waals surface area contributed by atoms with Crippen LogP contribution in [0.25, 0.3) is 0 Å². The molecule has 0 aliphatic rings. The van der Waals surface area contributed by atoms with Crippen LogP contribution in [0.3, 0.4) is 0 Å². The molecular weight excluding hydrogens is 284 g/mol. The maximum Gasteiger partial charge on any atom is 0.193 e. The molecule has 0 spiro atoms. The Hall–Kier alpha value is -3.00. The number of aryl methyl sites for hydroxylation is 1. The van der Waals surface area contributed by atoms with Crippen LogP contribution in [0.1, 0.15) is 37.4 Å². The predicted molar refractivity (Wildman–Crippen MR) is 90.9 cm³/mol. The maximum atomic E-state index is 12.8. The van der Waals surface area contributed by atoms with Gasteiger partial charge in [-0.2, -0.15) is 0 Å². The van der Waals surface area contributed by atoms with E-state index in [2.05, 4.69) is 0 Å². The van der Waals surface area contributed by atoms with Gasteiger partial charge in [-0.3, -0.25) is 9.59 Å². The first-order valence-corrected chi connectivity index (χ1v) is 7.47. The summed E-state index contributed by atoms with van der Waals surface area (Å²) in [5.41, 5.74) is 3.13. The van der Waals surface area contributed by atoms with Gasteiger partial charge in [0.15, 0.2) is 11.6 Å². The summed E-state index contributed by atoms with van der Waals surface area (Å²) in [4.78, 5) is 25.5. The minimum Gasteiger partial charge on any atom is -0.289 e. The first kappa shape index (κ1) is 14.9. The van der Waals surface area contributed by atoms with Crippen molar-refractivity contribution in [2.24, 2.45) is 0 Å². The molecule has 0 aliphatic heterocycles. The van der Waals surface area contributed by atoms with E-state index >= 15 is 0 Å². The summed E-state index contributed by atoms with van der Waals surface area (Å²) in [6, 6.07) is 23.4. The molecule has 0 atom stereocenters. The molecule has 0 saturated heterocycles. The monoisotopic (exact) mass is 300 g/mol. The van der Waals surface area contributed by atoms with Crippen LogP contribution in [-0.2, 0) is 0 Å². The van der Waals surface area contributed by atoms with Gasteiger partial charge >= 0.3 is 0 Å². The van der Waals surface area contributed by atoms with Crippen LogP contribution in [0, 0.1) is 6.92 Å². The van der Waals surface area contributed by atoms with Gasteiger partial charge in [0.1, 0.15) is 0 Å². The van der Waals surface area contributed by atoms with Gasteiger partial charge in [-0.05, 0) is 6.92 Å². The predicted octanol–water partition coefficient (Wildman–Crippen LogP) is 4.46. The molecule has 0 amide bonds. The fraction of sp³-hybridized carbons (Fsp3) is 0.0476. The molecule has 0 N–H and O–H groups in total. The molecule has 0 aromatic heterocycles. The zero-order valence-corrected chi connectivity index (χ0v) is 12.8. The van der Waals surface area contributed by atoms with Gasteiger partial charge < -0.3 is 0 Å². The molecule has 3 aromatic rings. The molecule has 0 heterocycles. The van der Waals surface area contributed by atoms with Crippen molar-refractivity contribution in [2.75, 3.05) is 0 Å². The van der Waals surface area contributed by atoms with Gasteiger partial charge in [0.25, 0.3) is 0 Å². The quantitative estimate of drug-likeness (QED) is 0.667. The van der Waals surface area contributed by atoms with Crippen molar-refractivity contribution in [3.05, 3.63) is 107 Å². The van der Waals surface area contributed by atoms with E-state index in [1.54, 1.807) is 48.5 Å². The van der Waals surface area contributed by atoms with Crippen LogP contribution in [0.5, 0.6) is 0 Å². The number of hydrogen-bond acceptors (Lipinski definition) is 2. The first-order chi connectivity index (χ1) is 11.2. The number of benzene rings is 3. The lowest BCUT2D eigenvalue weighted by atomic mass is 9.93. The second-order valence-corrected chi connectivity index (χ2v) is 5.44. The third-order valence-electron chi connectivity index (χ3n) is 3.77. The number of ketones is 2. The minimum atomic E-state index is -0.137. The second-order valence-electron chi connectivity index (χ2n) is 5.44. The molecule has 0 radical (unpaired) electrons. The summed E-state index contributed by atoms with van der Waals surface area (Å²) in [7, 11) is 0. The van der Waals surface area contributed by atoms with Crippen molar-refractivity contribution in [3.63, 3.8) is 0 Å². The van der Waals surface area contributed by atoms with Gasteiger partial charge in [-0.25, -0.2) is 0 Å². The summed E-state index contributed by atoms with van der Waals surface area (Å²) >= 11 is 0. The van der Waals surface area contributed by atoms with E-state index in [4.69, 9.17) is 0 Å². The third-order valence-corrected chi connectivity index (χ3v) is 3.77. The fourth-order valence-corrected chi connectivity index (χ4v) is 2.48. The highest BCUT2D eigenvalue weighted by molar-refractivity contribution is 6.19. The topological polar surface area (TPSA) is 34.1 Å². The number of rotatable bonds is 4. The lowest BCUT2D eigenvalue weighted by Crippen LogP contribution is -2.11. The van der Waals surface area contributed by atoms with Crippen molar-refractivity contribution in [1.29, 1.82) is 0 Å². The van der Waals surface area contributed by atoms with Gasteiger partial charge in [-0.15, -0.1) is 0 Å². The fourth-order valence-electron chi connectivity index (χ4n) is 2.48. The molecule has 0 bridgehead atoms.